The van der Waals surface area contributed by atoms with Gasteiger partial charge < -0.3 is 9.15 Å². The summed E-state index contributed by atoms with van der Waals surface area (Å²) >= 11 is 0. The van der Waals surface area contributed by atoms with Crippen LogP contribution in [0.4, 0.5) is 5.69 Å². The average Bonchev–Trinajstić information content (AvgIpc) is 2.62. The summed E-state index contributed by atoms with van der Waals surface area (Å²) in [5, 5.41) is 11.6. The van der Waals surface area contributed by atoms with E-state index in [1.165, 1.54) is 24.3 Å². The number of aryl methyl sites for hydroxylation is 3. The molecule has 0 amide bonds. The summed E-state index contributed by atoms with van der Waals surface area (Å²) in [4.78, 5) is 34.5. The van der Waals surface area contributed by atoms with Gasteiger partial charge in [0, 0.05) is 28.6 Å². The number of carbonyl (C=O) groups is 1. The molecule has 1 aromatic heterocycles. The summed E-state index contributed by atoms with van der Waals surface area (Å²) < 4.78 is 10.6. The van der Waals surface area contributed by atoms with Crippen molar-refractivity contribution in [2.75, 3.05) is 0 Å². The Morgan fingerprint density at radius 1 is 1.11 bits per heavy atom. The zero-order valence-corrected chi connectivity index (χ0v) is 15.1. The lowest BCUT2D eigenvalue weighted by molar-refractivity contribution is -0.385. The quantitative estimate of drug-likeness (QED) is 0.299. The van der Waals surface area contributed by atoms with E-state index >= 15 is 0 Å². The summed E-state index contributed by atoms with van der Waals surface area (Å²) in [7, 11) is 0. The molecule has 1 heterocycles. The van der Waals surface area contributed by atoms with Crippen LogP contribution in [0.3, 0.4) is 0 Å². The molecule has 138 valence electrons. The third-order valence-corrected chi connectivity index (χ3v) is 4.51. The van der Waals surface area contributed by atoms with Gasteiger partial charge in [-0.3, -0.25) is 10.1 Å². The van der Waals surface area contributed by atoms with Crippen LogP contribution in [-0.2, 0) is 11.3 Å². The number of hydrogen-bond donors (Lipinski definition) is 0. The number of rotatable bonds is 4. The maximum absolute atomic E-state index is 12.3. The highest BCUT2D eigenvalue weighted by Gasteiger charge is 2.16. The minimum atomic E-state index is -0.627. The highest BCUT2D eigenvalue weighted by Crippen LogP contribution is 2.24. The summed E-state index contributed by atoms with van der Waals surface area (Å²) in [5.74, 6) is -0.627. The predicted molar refractivity (Wildman–Crippen MR) is 98.9 cm³/mol. The average molecular weight is 367 g/mol. The zero-order valence-electron chi connectivity index (χ0n) is 15.1. The SMILES string of the molecule is Cc1cc(C(=O)OCc2cc(=O)oc3c(C)c(C)ccc23)ccc1[N+](=O)[O-]. The monoisotopic (exact) mass is 367 g/mol. The fraction of sp³-hybridized carbons (Fsp3) is 0.200. The zero-order chi connectivity index (χ0) is 19.7. The predicted octanol–water partition coefficient (Wildman–Crippen LogP) is 3.98. The van der Waals surface area contributed by atoms with Crippen LogP contribution in [0.25, 0.3) is 11.0 Å². The van der Waals surface area contributed by atoms with E-state index in [4.69, 9.17) is 9.15 Å². The molecule has 0 saturated carbocycles. The number of nitro benzene ring substituents is 1. The summed E-state index contributed by atoms with van der Waals surface area (Å²) in [6, 6.07) is 9.04. The number of benzene rings is 2. The first-order valence-corrected chi connectivity index (χ1v) is 8.23. The Morgan fingerprint density at radius 2 is 1.85 bits per heavy atom. The van der Waals surface area contributed by atoms with Crippen molar-refractivity contribution in [2.45, 2.75) is 27.4 Å². The Balaban J connectivity index is 1.88. The van der Waals surface area contributed by atoms with Crippen molar-refractivity contribution in [1.82, 2.24) is 0 Å². The molecule has 0 saturated heterocycles. The van der Waals surface area contributed by atoms with Gasteiger partial charge in [-0.1, -0.05) is 12.1 Å². The summed E-state index contributed by atoms with van der Waals surface area (Å²) in [5.41, 5.74) is 2.84. The molecule has 0 unspecified atom stereocenters. The van der Waals surface area contributed by atoms with Crippen molar-refractivity contribution in [3.63, 3.8) is 0 Å². The lowest BCUT2D eigenvalue weighted by Crippen LogP contribution is -2.09. The van der Waals surface area contributed by atoms with Gasteiger partial charge in [-0.05, 0) is 44.0 Å². The fourth-order valence-corrected chi connectivity index (χ4v) is 2.86. The van der Waals surface area contributed by atoms with Crippen LogP contribution in [0.15, 0.2) is 45.6 Å². The van der Waals surface area contributed by atoms with Gasteiger partial charge in [-0.2, -0.15) is 0 Å². The van der Waals surface area contributed by atoms with Crippen molar-refractivity contribution >= 4 is 22.6 Å². The molecule has 0 bridgehead atoms. The van der Waals surface area contributed by atoms with E-state index in [9.17, 15) is 19.7 Å². The van der Waals surface area contributed by atoms with Crippen molar-refractivity contribution in [3.05, 3.63) is 84.7 Å². The smallest absolute Gasteiger partial charge is 0.338 e. The number of carbonyl (C=O) groups excluding carboxylic acids is 1. The van der Waals surface area contributed by atoms with Crippen LogP contribution in [0.5, 0.6) is 0 Å². The van der Waals surface area contributed by atoms with E-state index in [0.29, 0.717) is 22.1 Å². The maximum Gasteiger partial charge on any atom is 0.338 e. The van der Waals surface area contributed by atoms with Gasteiger partial charge in [0.05, 0.1) is 10.5 Å². The maximum atomic E-state index is 12.3. The number of esters is 1. The Labute approximate surface area is 154 Å². The Bertz CT molecular complexity index is 1130. The molecular weight excluding hydrogens is 350 g/mol. The first kappa shape index (κ1) is 18.3. The summed E-state index contributed by atoms with van der Waals surface area (Å²) in [6.45, 7) is 5.21. The van der Waals surface area contributed by atoms with Crippen molar-refractivity contribution in [1.29, 1.82) is 0 Å². The third kappa shape index (κ3) is 3.57. The first-order chi connectivity index (χ1) is 12.8. The van der Waals surface area contributed by atoms with Gasteiger partial charge in [0.15, 0.2) is 0 Å². The van der Waals surface area contributed by atoms with Gasteiger partial charge in [0.2, 0.25) is 0 Å². The van der Waals surface area contributed by atoms with Gasteiger partial charge in [0.25, 0.3) is 5.69 Å². The van der Waals surface area contributed by atoms with Crippen molar-refractivity contribution in [2.24, 2.45) is 0 Å². The van der Waals surface area contributed by atoms with Gasteiger partial charge in [0.1, 0.15) is 12.2 Å². The summed E-state index contributed by atoms with van der Waals surface area (Å²) in [6.07, 6.45) is 0. The highest BCUT2D eigenvalue weighted by atomic mass is 16.6. The van der Waals surface area contributed by atoms with Crippen LogP contribution in [0.2, 0.25) is 0 Å². The van der Waals surface area contributed by atoms with E-state index in [2.05, 4.69) is 0 Å². The normalized spacial score (nSPS) is 10.8. The lowest BCUT2D eigenvalue weighted by atomic mass is 10.0. The lowest BCUT2D eigenvalue weighted by Gasteiger charge is -2.10. The van der Waals surface area contributed by atoms with Crippen LogP contribution < -0.4 is 5.63 Å². The second-order valence-electron chi connectivity index (χ2n) is 6.31. The van der Waals surface area contributed by atoms with E-state index in [0.717, 1.165) is 11.1 Å². The molecule has 0 aliphatic carbocycles. The molecule has 2 aromatic carbocycles. The Morgan fingerprint density at radius 3 is 2.52 bits per heavy atom. The number of nitro groups is 1. The Kier molecular flexibility index (Phi) is 4.77. The van der Waals surface area contributed by atoms with E-state index < -0.39 is 16.5 Å². The second kappa shape index (κ2) is 7.03. The standard InChI is InChI=1S/C20H17NO6/c1-11-4-6-16-15(9-18(22)27-19(16)13(11)3)10-26-20(23)14-5-7-17(21(24)25)12(2)8-14/h4-9H,10H2,1-3H3. The minimum absolute atomic E-state index is 0.0657. The second-order valence-corrected chi connectivity index (χ2v) is 6.31. The molecule has 0 spiro atoms. The molecule has 3 rings (SSSR count). The van der Waals surface area contributed by atoms with Crippen molar-refractivity contribution in [3.8, 4) is 0 Å². The van der Waals surface area contributed by atoms with Gasteiger partial charge in [-0.15, -0.1) is 0 Å². The molecule has 7 heteroatoms. The molecule has 0 N–H and O–H groups in total. The number of fused-ring (bicyclic) bond motifs is 1. The molecule has 0 radical (unpaired) electrons. The molecule has 0 atom stereocenters. The molecule has 7 nitrogen and oxygen atoms in total. The molecular formula is C20H17NO6. The number of hydrogen-bond acceptors (Lipinski definition) is 6. The minimum Gasteiger partial charge on any atom is -0.457 e. The van der Waals surface area contributed by atoms with Crippen LogP contribution in [0.1, 0.15) is 32.6 Å². The van der Waals surface area contributed by atoms with Crippen LogP contribution in [-0.4, -0.2) is 10.9 Å². The molecule has 0 aliphatic rings. The van der Waals surface area contributed by atoms with Crippen LogP contribution in [0, 0.1) is 30.9 Å². The highest BCUT2D eigenvalue weighted by molar-refractivity contribution is 5.90. The van der Waals surface area contributed by atoms with Gasteiger partial charge in [-0.25, -0.2) is 9.59 Å². The third-order valence-electron chi connectivity index (χ3n) is 4.51. The number of nitrogens with zero attached hydrogens (tertiary/aromatic N) is 1. The molecule has 0 aliphatic heterocycles. The molecule has 0 fully saturated rings. The Hall–Kier alpha value is -3.48. The van der Waals surface area contributed by atoms with Crippen LogP contribution >= 0.6 is 0 Å². The van der Waals surface area contributed by atoms with E-state index in [1.807, 2.05) is 26.0 Å². The van der Waals surface area contributed by atoms with Crippen molar-refractivity contribution < 1.29 is 18.9 Å². The largest absolute Gasteiger partial charge is 0.457 e. The topological polar surface area (TPSA) is 99.7 Å². The van der Waals surface area contributed by atoms with Gasteiger partial charge >= 0.3 is 11.6 Å². The van der Waals surface area contributed by atoms with E-state index in [1.54, 1.807) is 6.92 Å². The molecule has 3 aromatic rings. The van der Waals surface area contributed by atoms with E-state index in [-0.39, 0.29) is 17.9 Å². The number of ether oxygens (including phenoxy) is 1. The first-order valence-electron chi connectivity index (χ1n) is 8.23. The molecule has 27 heavy (non-hydrogen) atoms. The fourth-order valence-electron chi connectivity index (χ4n) is 2.86.